The first-order valence-corrected chi connectivity index (χ1v) is 12.7. The van der Waals surface area contributed by atoms with Gasteiger partial charge >= 0.3 is 0 Å². The van der Waals surface area contributed by atoms with E-state index in [0.717, 1.165) is 23.1 Å². The van der Waals surface area contributed by atoms with Gasteiger partial charge in [-0.25, -0.2) is 18.1 Å². The molecule has 1 N–H and O–H groups in total. The number of piperidine rings is 1. The summed E-state index contributed by atoms with van der Waals surface area (Å²) in [5, 5.41) is 8.23. The van der Waals surface area contributed by atoms with E-state index < -0.39 is 10.0 Å². The lowest BCUT2D eigenvalue weighted by Crippen LogP contribution is -2.39. The summed E-state index contributed by atoms with van der Waals surface area (Å²) in [5.41, 5.74) is 3.55. The maximum absolute atomic E-state index is 13.1. The summed E-state index contributed by atoms with van der Waals surface area (Å²) in [5.74, 6) is 0.239. The largest absolute Gasteiger partial charge is 0.308 e. The van der Waals surface area contributed by atoms with Crippen molar-refractivity contribution >= 4 is 21.2 Å². The summed E-state index contributed by atoms with van der Waals surface area (Å²) >= 11 is 0. The molecule has 0 bridgehead atoms. The van der Waals surface area contributed by atoms with Gasteiger partial charge in [0.2, 0.25) is 10.0 Å². The van der Waals surface area contributed by atoms with Gasteiger partial charge in [-0.3, -0.25) is 4.79 Å². The van der Waals surface area contributed by atoms with Gasteiger partial charge in [0.1, 0.15) is 5.82 Å². The van der Waals surface area contributed by atoms with E-state index in [1.54, 1.807) is 35.0 Å². The number of sulfonamides is 1. The molecule has 3 heterocycles. The third kappa shape index (κ3) is 4.14. The summed E-state index contributed by atoms with van der Waals surface area (Å²) in [6.45, 7) is 5.20. The normalized spacial score (nSPS) is 17.3. The molecule has 10 heteroatoms. The molecule has 0 spiro atoms. The maximum atomic E-state index is 13.1. The Balaban J connectivity index is 1.47. The van der Waals surface area contributed by atoms with Gasteiger partial charge in [0.05, 0.1) is 11.4 Å². The molecule has 1 fully saturated rings. The lowest BCUT2D eigenvalue weighted by Gasteiger charge is -2.31. The summed E-state index contributed by atoms with van der Waals surface area (Å²) in [4.78, 5) is 20.6. The Hall–Kier alpha value is -3.37. The standard InChI is InChI=1S/C24H26N6O3S/c1-16-10-11-17(2)19(13-16)15-30-23-21(27-28-30)24(31)26-22(25-23)18-7-6-12-29(14-18)34(32,33)20-8-4-3-5-9-20/h3-5,8-11,13,18H,6-7,12,14-15H2,1-2H3,(H,25,26,31)/t18-/m0/s1. The number of H-pyrrole nitrogens is 1. The van der Waals surface area contributed by atoms with Crippen molar-refractivity contribution in [3.8, 4) is 0 Å². The van der Waals surface area contributed by atoms with E-state index >= 15 is 0 Å². The van der Waals surface area contributed by atoms with Gasteiger partial charge in [0, 0.05) is 19.0 Å². The SMILES string of the molecule is Cc1ccc(C)c(Cn2nnc3c(=O)[nH]c([C@H]4CCCN(S(=O)(=O)c5ccccc5)C4)nc32)c1. The number of aryl methyl sites for hydroxylation is 2. The van der Waals surface area contributed by atoms with Crippen molar-refractivity contribution in [3.63, 3.8) is 0 Å². The summed E-state index contributed by atoms with van der Waals surface area (Å²) in [7, 11) is -3.62. The molecule has 1 saturated heterocycles. The van der Waals surface area contributed by atoms with Crippen LogP contribution in [0.15, 0.2) is 58.2 Å². The van der Waals surface area contributed by atoms with Crippen LogP contribution in [0.3, 0.4) is 0 Å². The average molecular weight is 479 g/mol. The third-order valence-corrected chi connectivity index (χ3v) is 8.25. The highest BCUT2D eigenvalue weighted by atomic mass is 32.2. The predicted molar refractivity (Wildman–Crippen MR) is 128 cm³/mol. The van der Waals surface area contributed by atoms with Gasteiger partial charge < -0.3 is 4.98 Å². The minimum Gasteiger partial charge on any atom is -0.308 e. The van der Waals surface area contributed by atoms with Crippen molar-refractivity contribution < 1.29 is 8.42 Å². The Labute approximate surface area is 197 Å². The molecule has 0 saturated carbocycles. The summed E-state index contributed by atoms with van der Waals surface area (Å²) in [6.07, 6.45) is 1.41. The summed E-state index contributed by atoms with van der Waals surface area (Å²) in [6, 6.07) is 14.6. The number of aromatic nitrogens is 5. The first kappa shape index (κ1) is 22.4. The van der Waals surface area contributed by atoms with Gasteiger partial charge in [0.25, 0.3) is 5.56 Å². The van der Waals surface area contributed by atoms with E-state index in [2.05, 4.69) is 33.5 Å². The number of aromatic amines is 1. The van der Waals surface area contributed by atoms with Crippen LogP contribution in [0, 0.1) is 13.8 Å². The van der Waals surface area contributed by atoms with Crippen LogP contribution in [0.5, 0.6) is 0 Å². The van der Waals surface area contributed by atoms with Crippen LogP contribution in [0.4, 0.5) is 0 Å². The highest BCUT2D eigenvalue weighted by molar-refractivity contribution is 7.89. The van der Waals surface area contributed by atoms with Gasteiger partial charge in [-0.1, -0.05) is 47.2 Å². The Kier molecular flexibility index (Phi) is 5.78. The van der Waals surface area contributed by atoms with Crippen molar-refractivity contribution in [2.24, 2.45) is 0 Å². The van der Waals surface area contributed by atoms with Crippen LogP contribution < -0.4 is 5.56 Å². The molecular weight excluding hydrogens is 452 g/mol. The Bertz CT molecular complexity index is 1510. The number of fused-ring (bicyclic) bond motifs is 1. The molecule has 5 rings (SSSR count). The number of hydrogen-bond donors (Lipinski definition) is 1. The fraction of sp³-hybridized carbons (Fsp3) is 0.333. The van der Waals surface area contributed by atoms with Gasteiger partial charge in [-0.15, -0.1) is 5.10 Å². The molecule has 2 aromatic heterocycles. The van der Waals surface area contributed by atoms with E-state index in [0.29, 0.717) is 31.0 Å². The van der Waals surface area contributed by atoms with E-state index in [4.69, 9.17) is 4.98 Å². The van der Waals surface area contributed by atoms with Crippen LogP contribution in [-0.2, 0) is 16.6 Å². The van der Waals surface area contributed by atoms with Crippen LogP contribution in [0.1, 0.15) is 41.3 Å². The van der Waals surface area contributed by atoms with Crippen molar-refractivity contribution in [1.29, 1.82) is 0 Å². The van der Waals surface area contributed by atoms with Crippen LogP contribution in [-0.4, -0.2) is 50.8 Å². The molecule has 176 valence electrons. The fourth-order valence-electron chi connectivity index (χ4n) is 4.44. The molecule has 1 atom stereocenters. The highest BCUT2D eigenvalue weighted by Gasteiger charge is 2.32. The maximum Gasteiger partial charge on any atom is 0.281 e. The molecule has 0 radical (unpaired) electrons. The minimum absolute atomic E-state index is 0.179. The number of benzene rings is 2. The number of nitrogens with zero attached hydrogens (tertiary/aromatic N) is 5. The summed E-state index contributed by atoms with van der Waals surface area (Å²) < 4.78 is 29.4. The molecule has 1 aliphatic rings. The molecular formula is C24H26N6O3S. The van der Waals surface area contributed by atoms with Gasteiger partial charge in [-0.05, 0) is 49.9 Å². The highest BCUT2D eigenvalue weighted by Crippen LogP contribution is 2.28. The monoisotopic (exact) mass is 478 g/mol. The topological polar surface area (TPSA) is 114 Å². The lowest BCUT2D eigenvalue weighted by atomic mass is 9.99. The first-order chi connectivity index (χ1) is 16.3. The van der Waals surface area contributed by atoms with Crippen molar-refractivity contribution in [2.75, 3.05) is 13.1 Å². The average Bonchev–Trinajstić information content (AvgIpc) is 3.25. The number of hydrogen-bond acceptors (Lipinski definition) is 6. The second-order valence-electron chi connectivity index (χ2n) is 8.82. The molecule has 1 aliphatic heterocycles. The molecule has 0 unspecified atom stereocenters. The quantitative estimate of drug-likeness (QED) is 0.472. The molecule has 0 aliphatic carbocycles. The van der Waals surface area contributed by atoms with Crippen LogP contribution in [0.25, 0.3) is 11.2 Å². The Morgan fingerprint density at radius 3 is 2.71 bits per heavy atom. The van der Waals surface area contributed by atoms with E-state index in [1.165, 1.54) is 4.31 Å². The van der Waals surface area contributed by atoms with Crippen molar-refractivity contribution in [3.05, 3.63) is 81.4 Å². The lowest BCUT2D eigenvalue weighted by molar-refractivity contribution is 0.309. The fourth-order valence-corrected chi connectivity index (χ4v) is 5.99. The minimum atomic E-state index is -3.62. The van der Waals surface area contributed by atoms with Crippen LogP contribution in [0.2, 0.25) is 0 Å². The van der Waals surface area contributed by atoms with E-state index in [9.17, 15) is 13.2 Å². The molecule has 0 amide bonds. The molecule has 4 aromatic rings. The first-order valence-electron chi connectivity index (χ1n) is 11.3. The molecule has 34 heavy (non-hydrogen) atoms. The predicted octanol–water partition coefficient (Wildman–Crippen LogP) is 2.75. The second-order valence-corrected chi connectivity index (χ2v) is 10.8. The number of nitrogens with one attached hydrogen (secondary N) is 1. The van der Waals surface area contributed by atoms with E-state index in [-0.39, 0.29) is 28.4 Å². The van der Waals surface area contributed by atoms with Gasteiger partial charge in [0.15, 0.2) is 11.2 Å². The van der Waals surface area contributed by atoms with Crippen molar-refractivity contribution in [1.82, 2.24) is 29.3 Å². The zero-order valence-electron chi connectivity index (χ0n) is 19.1. The Morgan fingerprint density at radius 1 is 1.12 bits per heavy atom. The molecule has 2 aromatic carbocycles. The third-order valence-electron chi connectivity index (χ3n) is 6.37. The van der Waals surface area contributed by atoms with E-state index in [1.807, 2.05) is 13.8 Å². The number of rotatable bonds is 5. The second kappa shape index (κ2) is 8.77. The van der Waals surface area contributed by atoms with Crippen molar-refractivity contribution in [2.45, 2.75) is 44.0 Å². The zero-order valence-corrected chi connectivity index (χ0v) is 19.9. The zero-order chi connectivity index (χ0) is 23.9. The van der Waals surface area contributed by atoms with Gasteiger partial charge in [-0.2, -0.15) is 4.31 Å². The Morgan fingerprint density at radius 2 is 1.91 bits per heavy atom. The smallest absolute Gasteiger partial charge is 0.281 e. The molecule has 9 nitrogen and oxygen atoms in total. The van der Waals surface area contributed by atoms with Crippen LogP contribution >= 0.6 is 0 Å².